The van der Waals surface area contributed by atoms with Crippen molar-refractivity contribution in [3.63, 3.8) is 0 Å². The minimum atomic E-state index is 0.572. The number of aromatic nitrogens is 3. The lowest BCUT2D eigenvalue weighted by molar-refractivity contribution is 0.668. The highest BCUT2D eigenvalue weighted by atomic mass is 16.3. The Labute approximate surface area is 322 Å². The van der Waals surface area contributed by atoms with Crippen molar-refractivity contribution in [1.29, 1.82) is 0 Å². The largest absolute Gasteiger partial charge is 0.456 e. The van der Waals surface area contributed by atoms with E-state index < -0.39 is 0 Å². The van der Waals surface area contributed by atoms with Gasteiger partial charge in [0.2, 0.25) is 0 Å². The highest BCUT2D eigenvalue weighted by Gasteiger charge is 2.23. The van der Waals surface area contributed by atoms with E-state index in [9.17, 15) is 0 Å². The van der Waals surface area contributed by atoms with Gasteiger partial charge in [-0.2, -0.15) is 0 Å². The highest BCUT2D eigenvalue weighted by molar-refractivity contribution is 6.12. The van der Waals surface area contributed by atoms with Crippen LogP contribution in [0.5, 0.6) is 0 Å². The third-order valence-corrected chi connectivity index (χ3v) is 10.5. The lowest BCUT2D eigenvalue weighted by Crippen LogP contribution is -2.02. The molecule has 0 aliphatic carbocycles. The minimum absolute atomic E-state index is 0.572. The third-order valence-electron chi connectivity index (χ3n) is 10.5. The van der Waals surface area contributed by atoms with Crippen LogP contribution < -0.4 is 0 Å². The van der Waals surface area contributed by atoms with Crippen molar-refractivity contribution in [1.82, 2.24) is 15.0 Å². The second-order valence-electron chi connectivity index (χ2n) is 13.9. The Morgan fingerprint density at radius 3 is 1.57 bits per heavy atom. The van der Waals surface area contributed by atoms with E-state index in [1.807, 2.05) is 78.9 Å². The molecule has 0 atom stereocenters. The maximum absolute atomic E-state index is 6.32. The van der Waals surface area contributed by atoms with Crippen molar-refractivity contribution in [3.8, 4) is 67.5 Å². The molecule has 5 heteroatoms. The Morgan fingerprint density at radius 1 is 0.286 bits per heavy atom. The van der Waals surface area contributed by atoms with Crippen LogP contribution in [-0.2, 0) is 0 Å². The summed E-state index contributed by atoms with van der Waals surface area (Å²) in [5.41, 5.74) is 12.4. The Balaban J connectivity index is 1.24. The maximum atomic E-state index is 6.32. The summed E-state index contributed by atoms with van der Waals surface area (Å²) in [6, 6.07) is 64.6. The van der Waals surface area contributed by atoms with Crippen LogP contribution in [0.3, 0.4) is 0 Å². The molecule has 56 heavy (non-hydrogen) atoms. The molecule has 11 aromatic rings. The molecule has 0 unspecified atom stereocenters. The first kappa shape index (κ1) is 31.9. The van der Waals surface area contributed by atoms with Crippen LogP contribution in [0.2, 0.25) is 0 Å². The molecule has 5 nitrogen and oxygen atoms in total. The lowest BCUT2D eigenvalue weighted by Gasteiger charge is -2.19. The molecule has 11 rings (SSSR count). The van der Waals surface area contributed by atoms with Crippen LogP contribution in [0.1, 0.15) is 0 Å². The summed E-state index contributed by atoms with van der Waals surface area (Å²) in [6.07, 6.45) is 0. The van der Waals surface area contributed by atoms with Gasteiger partial charge in [-0.1, -0.05) is 146 Å². The average Bonchev–Trinajstić information content (AvgIpc) is 3.85. The number of hydrogen-bond donors (Lipinski definition) is 0. The minimum Gasteiger partial charge on any atom is -0.456 e. The Kier molecular flexibility index (Phi) is 7.42. The number of nitrogens with zero attached hydrogens (tertiary/aromatic N) is 3. The van der Waals surface area contributed by atoms with Crippen molar-refractivity contribution < 1.29 is 8.83 Å². The van der Waals surface area contributed by atoms with E-state index in [0.717, 1.165) is 93.9 Å². The van der Waals surface area contributed by atoms with Crippen LogP contribution in [-0.4, -0.2) is 15.0 Å². The van der Waals surface area contributed by atoms with Gasteiger partial charge in [0.1, 0.15) is 22.3 Å². The van der Waals surface area contributed by atoms with Crippen LogP contribution in [0.25, 0.3) is 111 Å². The predicted octanol–water partition coefficient (Wildman–Crippen LogP) is 13.7. The van der Waals surface area contributed by atoms with E-state index in [-0.39, 0.29) is 0 Å². The molecule has 0 aliphatic heterocycles. The second-order valence-corrected chi connectivity index (χ2v) is 13.9. The summed E-state index contributed by atoms with van der Waals surface area (Å²) >= 11 is 0. The molecule has 0 spiro atoms. The van der Waals surface area contributed by atoms with Crippen LogP contribution in [0.4, 0.5) is 0 Å². The second kappa shape index (κ2) is 13.0. The smallest absolute Gasteiger partial charge is 0.164 e. The van der Waals surface area contributed by atoms with Crippen molar-refractivity contribution >= 4 is 43.9 Å². The molecular weight excluding hydrogens is 687 g/mol. The first-order valence-electron chi connectivity index (χ1n) is 18.7. The topological polar surface area (TPSA) is 65.0 Å². The number of fused-ring (bicyclic) bond motifs is 6. The summed E-state index contributed by atoms with van der Waals surface area (Å²) in [7, 11) is 0. The SMILES string of the molecule is c1ccc(-c2cc(-c3ccc4oc5ccccc5c4c3)c(-c3ccccc3)c(-c3nc(-c4ccccc4)nc(-c4cccc5oc6ccccc6c45)n3)c2)cc1. The molecule has 262 valence electrons. The quantitative estimate of drug-likeness (QED) is 0.171. The maximum Gasteiger partial charge on any atom is 0.164 e. The predicted molar refractivity (Wildman–Crippen MR) is 227 cm³/mol. The summed E-state index contributed by atoms with van der Waals surface area (Å²) in [4.78, 5) is 15.9. The van der Waals surface area contributed by atoms with Crippen LogP contribution in [0.15, 0.2) is 197 Å². The number of rotatable bonds is 6. The average molecular weight is 718 g/mol. The zero-order valence-corrected chi connectivity index (χ0v) is 30.1. The monoisotopic (exact) mass is 717 g/mol. The van der Waals surface area contributed by atoms with Crippen molar-refractivity contribution in [2.45, 2.75) is 0 Å². The van der Waals surface area contributed by atoms with Crippen molar-refractivity contribution in [3.05, 3.63) is 188 Å². The molecule has 0 aliphatic rings. The van der Waals surface area contributed by atoms with Gasteiger partial charge in [0.05, 0.1) is 0 Å². The number of furan rings is 2. The van der Waals surface area contributed by atoms with Gasteiger partial charge in [0.15, 0.2) is 17.5 Å². The highest BCUT2D eigenvalue weighted by Crippen LogP contribution is 2.45. The Hall–Kier alpha value is -7.63. The number of hydrogen-bond acceptors (Lipinski definition) is 5. The van der Waals surface area contributed by atoms with Gasteiger partial charge in [-0.15, -0.1) is 0 Å². The van der Waals surface area contributed by atoms with Gasteiger partial charge < -0.3 is 8.83 Å². The normalized spacial score (nSPS) is 11.6. The summed E-state index contributed by atoms with van der Waals surface area (Å²) in [5.74, 6) is 1.74. The number of benzene rings is 8. The van der Waals surface area contributed by atoms with Crippen LogP contribution >= 0.6 is 0 Å². The first-order chi connectivity index (χ1) is 27.7. The van der Waals surface area contributed by atoms with Crippen molar-refractivity contribution in [2.75, 3.05) is 0 Å². The van der Waals surface area contributed by atoms with E-state index in [0.29, 0.717) is 17.5 Å². The molecule has 0 saturated heterocycles. The third kappa shape index (κ3) is 5.37. The van der Waals surface area contributed by atoms with E-state index in [2.05, 4.69) is 109 Å². The molecule has 0 amide bonds. The fourth-order valence-electron chi connectivity index (χ4n) is 7.95. The van der Waals surface area contributed by atoms with E-state index in [1.54, 1.807) is 0 Å². The van der Waals surface area contributed by atoms with E-state index >= 15 is 0 Å². The Bertz CT molecular complexity index is 3240. The zero-order chi connectivity index (χ0) is 37.0. The van der Waals surface area contributed by atoms with Gasteiger partial charge in [0, 0.05) is 43.8 Å². The fraction of sp³-hybridized carbons (Fsp3) is 0. The Morgan fingerprint density at radius 2 is 0.821 bits per heavy atom. The van der Waals surface area contributed by atoms with E-state index in [4.69, 9.17) is 23.8 Å². The summed E-state index contributed by atoms with van der Waals surface area (Å²) in [5, 5.41) is 4.14. The van der Waals surface area contributed by atoms with Gasteiger partial charge >= 0.3 is 0 Å². The molecule has 0 saturated carbocycles. The molecule has 0 N–H and O–H groups in total. The molecule has 3 aromatic heterocycles. The zero-order valence-electron chi connectivity index (χ0n) is 30.1. The molecular formula is C51H31N3O2. The number of para-hydroxylation sites is 2. The summed E-state index contributed by atoms with van der Waals surface area (Å²) in [6.45, 7) is 0. The first-order valence-corrected chi connectivity index (χ1v) is 18.7. The van der Waals surface area contributed by atoms with E-state index in [1.165, 1.54) is 0 Å². The van der Waals surface area contributed by atoms with Crippen molar-refractivity contribution in [2.24, 2.45) is 0 Å². The molecule has 3 heterocycles. The van der Waals surface area contributed by atoms with Gasteiger partial charge in [0.25, 0.3) is 0 Å². The molecule has 0 bridgehead atoms. The van der Waals surface area contributed by atoms with Crippen LogP contribution in [0, 0.1) is 0 Å². The lowest BCUT2D eigenvalue weighted by atomic mass is 9.86. The molecule has 0 radical (unpaired) electrons. The van der Waals surface area contributed by atoms with Gasteiger partial charge in [-0.25, -0.2) is 15.0 Å². The fourth-order valence-corrected chi connectivity index (χ4v) is 7.95. The molecule has 8 aromatic carbocycles. The van der Waals surface area contributed by atoms with Gasteiger partial charge in [-0.05, 0) is 70.3 Å². The standard InChI is InChI=1S/C51H31N3O2/c1-4-15-32(16-5-1)36-30-40(35-27-28-45-41(29-35)37-21-10-12-24-43(37)55-45)47(33-17-6-2-7-18-33)42(31-36)51-53-49(34-19-8-3-9-20-34)52-50(54-51)39-23-14-26-46-48(39)38-22-11-13-25-44(38)56-46/h1-31H. The molecule has 0 fully saturated rings. The summed E-state index contributed by atoms with van der Waals surface area (Å²) < 4.78 is 12.6. The van der Waals surface area contributed by atoms with Gasteiger partial charge in [-0.3, -0.25) is 0 Å².